The van der Waals surface area contributed by atoms with Gasteiger partial charge in [0.15, 0.2) is 0 Å². The second kappa shape index (κ2) is 5.21. The van der Waals surface area contributed by atoms with Crippen LogP contribution in [-0.4, -0.2) is 0 Å². The Kier molecular flexibility index (Phi) is 5.04. The molecule has 0 amide bonds. The Morgan fingerprint density at radius 1 is 1.31 bits per heavy atom. The van der Waals surface area contributed by atoms with E-state index in [1.807, 2.05) is 0 Å². The predicted octanol–water partition coefficient (Wildman–Crippen LogP) is 3.94. The van der Waals surface area contributed by atoms with Crippen LogP contribution in [0.15, 0.2) is 12.1 Å². The van der Waals surface area contributed by atoms with Gasteiger partial charge in [0.25, 0.3) is 0 Å². The molecule has 0 heterocycles. The van der Waals surface area contributed by atoms with Crippen molar-refractivity contribution in [2.45, 2.75) is 19.1 Å². The molecule has 0 bridgehead atoms. The van der Waals surface area contributed by atoms with Crippen LogP contribution in [0.3, 0.4) is 0 Å². The molecular formula is C9H9Cl2F4N. The molecule has 92 valence electrons. The molecule has 0 radical (unpaired) electrons. The fraction of sp³-hybridized carbons (Fsp3) is 0.333. The molecule has 16 heavy (non-hydrogen) atoms. The normalized spacial score (nSPS) is 13.2. The van der Waals surface area contributed by atoms with E-state index in [0.29, 0.717) is 0 Å². The lowest BCUT2D eigenvalue weighted by atomic mass is 10.0. The van der Waals surface area contributed by atoms with Gasteiger partial charge in [-0.1, -0.05) is 11.6 Å². The van der Waals surface area contributed by atoms with Crippen LogP contribution in [0.2, 0.25) is 5.02 Å². The monoisotopic (exact) mass is 277 g/mol. The van der Waals surface area contributed by atoms with Gasteiger partial charge in [-0.25, -0.2) is 4.39 Å². The van der Waals surface area contributed by atoms with E-state index < -0.39 is 29.2 Å². The molecule has 1 nitrogen and oxygen atoms in total. The van der Waals surface area contributed by atoms with E-state index in [0.717, 1.165) is 12.1 Å². The molecule has 7 heteroatoms. The number of halogens is 6. The van der Waals surface area contributed by atoms with Crippen LogP contribution < -0.4 is 5.73 Å². The van der Waals surface area contributed by atoms with Gasteiger partial charge in [-0.3, -0.25) is 0 Å². The van der Waals surface area contributed by atoms with Gasteiger partial charge < -0.3 is 5.73 Å². The first kappa shape index (κ1) is 15.5. The van der Waals surface area contributed by atoms with Gasteiger partial charge in [-0.05, 0) is 19.1 Å². The first-order valence-electron chi connectivity index (χ1n) is 4.05. The standard InChI is InChI=1S/C9H8ClF4N.ClH/c1-4(15)7-5(9(12,13)14)2-3-6(10)8(7)11;/h2-4H,15H2,1H3;1H/t4-;/m0./s1. The number of rotatable bonds is 1. The Morgan fingerprint density at radius 2 is 1.81 bits per heavy atom. The zero-order valence-electron chi connectivity index (χ0n) is 8.11. The Morgan fingerprint density at radius 3 is 2.19 bits per heavy atom. The van der Waals surface area contributed by atoms with Gasteiger partial charge in [0.05, 0.1) is 10.6 Å². The summed E-state index contributed by atoms with van der Waals surface area (Å²) >= 11 is 5.38. The molecule has 0 saturated carbocycles. The van der Waals surface area contributed by atoms with Crippen molar-refractivity contribution in [1.29, 1.82) is 0 Å². The molecule has 1 aromatic carbocycles. The minimum absolute atomic E-state index is 0. The van der Waals surface area contributed by atoms with E-state index in [9.17, 15) is 17.6 Å². The summed E-state index contributed by atoms with van der Waals surface area (Å²) in [6, 6.07) is 0.524. The zero-order valence-corrected chi connectivity index (χ0v) is 9.68. The van der Waals surface area contributed by atoms with Crippen LogP contribution in [0.1, 0.15) is 24.1 Å². The quantitative estimate of drug-likeness (QED) is 0.773. The van der Waals surface area contributed by atoms with Crippen LogP contribution in [0, 0.1) is 5.82 Å². The molecule has 0 aliphatic rings. The van der Waals surface area contributed by atoms with Crippen LogP contribution in [0.25, 0.3) is 0 Å². The molecule has 0 aliphatic heterocycles. The first-order chi connectivity index (χ1) is 6.75. The predicted molar refractivity (Wildman–Crippen MR) is 56.3 cm³/mol. The highest BCUT2D eigenvalue weighted by Crippen LogP contribution is 2.37. The molecule has 1 atom stereocenters. The van der Waals surface area contributed by atoms with Crippen LogP contribution in [0.4, 0.5) is 17.6 Å². The summed E-state index contributed by atoms with van der Waals surface area (Å²) in [5.41, 5.74) is 3.60. The van der Waals surface area contributed by atoms with Gasteiger partial charge in [-0.2, -0.15) is 13.2 Å². The summed E-state index contributed by atoms with van der Waals surface area (Å²) in [6.45, 7) is 1.27. The summed E-state index contributed by atoms with van der Waals surface area (Å²) in [7, 11) is 0. The fourth-order valence-corrected chi connectivity index (χ4v) is 1.42. The number of alkyl halides is 3. The maximum Gasteiger partial charge on any atom is 0.416 e. The van der Waals surface area contributed by atoms with E-state index in [-0.39, 0.29) is 17.4 Å². The third-order valence-corrected chi connectivity index (χ3v) is 2.19. The molecule has 0 unspecified atom stereocenters. The third kappa shape index (κ3) is 2.99. The largest absolute Gasteiger partial charge is 0.416 e. The number of hydrogen-bond acceptors (Lipinski definition) is 1. The van der Waals surface area contributed by atoms with Crippen molar-refractivity contribution in [3.63, 3.8) is 0 Å². The van der Waals surface area contributed by atoms with Crippen molar-refractivity contribution < 1.29 is 17.6 Å². The van der Waals surface area contributed by atoms with Crippen molar-refractivity contribution in [2.24, 2.45) is 5.73 Å². The van der Waals surface area contributed by atoms with Crippen molar-refractivity contribution in [2.75, 3.05) is 0 Å². The number of nitrogens with two attached hydrogens (primary N) is 1. The summed E-state index contributed by atoms with van der Waals surface area (Å²) in [6.07, 6.45) is -4.63. The molecular weight excluding hydrogens is 269 g/mol. The Hall–Kier alpha value is -0.520. The van der Waals surface area contributed by atoms with Gasteiger partial charge in [0.2, 0.25) is 0 Å². The summed E-state index contributed by atoms with van der Waals surface area (Å²) in [5, 5.41) is -0.365. The van der Waals surface area contributed by atoms with Crippen molar-refractivity contribution >= 4 is 24.0 Å². The van der Waals surface area contributed by atoms with Crippen molar-refractivity contribution in [1.82, 2.24) is 0 Å². The molecule has 0 fully saturated rings. The van der Waals surface area contributed by atoms with E-state index in [4.69, 9.17) is 17.3 Å². The smallest absolute Gasteiger partial charge is 0.324 e. The van der Waals surface area contributed by atoms with Gasteiger partial charge in [0, 0.05) is 11.6 Å². The third-order valence-electron chi connectivity index (χ3n) is 1.89. The van der Waals surface area contributed by atoms with E-state index >= 15 is 0 Å². The maximum atomic E-state index is 13.3. The fourth-order valence-electron chi connectivity index (χ4n) is 1.26. The van der Waals surface area contributed by atoms with Crippen LogP contribution in [0.5, 0.6) is 0 Å². The lowest BCUT2D eigenvalue weighted by Gasteiger charge is -2.16. The van der Waals surface area contributed by atoms with E-state index in [1.54, 1.807) is 0 Å². The Balaban J connectivity index is 0.00000225. The van der Waals surface area contributed by atoms with Crippen molar-refractivity contribution in [3.8, 4) is 0 Å². The lowest BCUT2D eigenvalue weighted by Crippen LogP contribution is -2.17. The SMILES string of the molecule is C[C@H](N)c1c(C(F)(F)F)ccc(Cl)c1F.Cl. The summed E-state index contributed by atoms with van der Waals surface area (Å²) < 4.78 is 50.7. The van der Waals surface area contributed by atoms with E-state index in [2.05, 4.69) is 0 Å². The Labute approximate surface area is 101 Å². The van der Waals surface area contributed by atoms with Crippen LogP contribution in [-0.2, 0) is 6.18 Å². The average molecular weight is 278 g/mol. The van der Waals surface area contributed by atoms with Gasteiger partial charge in [-0.15, -0.1) is 12.4 Å². The highest BCUT2D eigenvalue weighted by molar-refractivity contribution is 6.30. The topological polar surface area (TPSA) is 26.0 Å². The summed E-state index contributed by atoms with van der Waals surface area (Å²) in [5.74, 6) is -1.11. The molecule has 0 aliphatic carbocycles. The number of benzene rings is 1. The number of hydrogen-bond donors (Lipinski definition) is 1. The zero-order chi connectivity index (χ0) is 11.8. The molecule has 1 rings (SSSR count). The average Bonchev–Trinajstić information content (AvgIpc) is 2.06. The van der Waals surface area contributed by atoms with Crippen molar-refractivity contribution in [3.05, 3.63) is 34.1 Å². The maximum absolute atomic E-state index is 13.3. The minimum Gasteiger partial charge on any atom is -0.324 e. The molecule has 1 aromatic rings. The van der Waals surface area contributed by atoms with E-state index in [1.165, 1.54) is 6.92 Å². The molecule has 0 aromatic heterocycles. The Bertz CT molecular complexity index is 377. The minimum atomic E-state index is -4.63. The van der Waals surface area contributed by atoms with Gasteiger partial charge in [0.1, 0.15) is 5.82 Å². The second-order valence-corrected chi connectivity index (χ2v) is 3.52. The van der Waals surface area contributed by atoms with Gasteiger partial charge >= 0.3 is 6.18 Å². The second-order valence-electron chi connectivity index (χ2n) is 3.11. The lowest BCUT2D eigenvalue weighted by molar-refractivity contribution is -0.138. The molecule has 0 saturated heterocycles. The highest BCUT2D eigenvalue weighted by atomic mass is 35.5. The first-order valence-corrected chi connectivity index (χ1v) is 4.43. The van der Waals surface area contributed by atoms with Crippen LogP contribution >= 0.6 is 24.0 Å². The molecule has 2 N–H and O–H groups in total. The summed E-state index contributed by atoms with van der Waals surface area (Å²) in [4.78, 5) is 0. The molecule has 0 spiro atoms. The highest BCUT2D eigenvalue weighted by Gasteiger charge is 2.36.